The van der Waals surface area contributed by atoms with Gasteiger partial charge < -0.3 is 14.7 Å². The van der Waals surface area contributed by atoms with Crippen LogP contribution >= 0.6 is 23.2 Å². The van der Waals surface area contributed by atoms with Gasteiger partial charge in [0.05, 0.1) is 11.6 Å². The van der Waals surface area contributed by atoms with Crippen molar-refractivity contribution in [2.75, 3.05) is 26.7 Å². The highest BCUT2D eigenvalue weighted by Crippen LogP contribution is 2.31. The molecule has 30 heavy (non-hydrogen) atoms. The van der Waals surface area contributed by atoms with Crippen LogP contribution in [0.4, 0.5) is 0 Å². The van der Waals surface area contributed by atoms with Crippen molar-refractivity contribution in [2.24, 2.45) is 0 Å². The molecule has 1 atom stereocenters. The molecule has 0 aliphatic carbocycles. The molecule has 2 rings (SSSR count). The number of halogens is 2. The lowest BCUT2D eigenvalue weighted by atomic mass is 10.0. The highest BCUT2D eigenvalue weighted by molar-refractivity contribution is 6.32. The SMILES string of the molecule is C=CCN(C)CCCCCCCCOc1ccc(C(O)c2ccc(Cl)cc2)cc1Cl. The van der Waals surface area contributed by atoms with Gasteiger partial charge in [-0.1, -0.05) is 73.2 Å². The van der Waals surface area contributed by atoms with Crippen molar-refractivity contribution < 1.29 is 9.84 Å². The standard InChI is InChI=1S/C25H33Cl2NO2/c1-3-16-28(2)17-8-6-4-5-7-9-18-30-24-15-12-21(19-23(24)27)25(29)20-10-13-22(26)14-11-20/h3,10-15,19,25,29H,1,4-9,16-18H2,2H3. The van der Waals surface area contributed by atoms with Crippen molar-refractivity contribution >= 4 is 23.2 Å². The van der Waals surface area contributed by atoms with Crippen molar-refractivity contribution in [3.05, 3.63) is 76.3 Å². The maximum atomic E-state index is 10.5. The molecule has 2 aromatic carbocycles. The largest absolute Gasteiger partial charge is 0.492 e. The van der Waals surface area contributed by atoms with Gasteiger partial charge in [0.25, 0.3) is 0 Å². The van der Waals surface area contributed by atoms with E-state index < -0.39 is 6.10 Å². The van der Waals surface area contributed by atoms with E-state index in [-0.39, 0.29) is 0 Å². The monoisotopic (exact) mass is 449 g/mol. The zero-order valence-corrected chi connectivity index (χ0v) is 19.3. The van der Waals surface area contributed by atoms with Crippen LogP contribution in [0.5, 0.6) is 5.75 Å². The minimum absolute atomic E-state index is 0.518. The number of ether oxygens (including phenoxy) is 1. The molecule has 0 amide bonds. The molecule has 164 valence electrons. The lowest BCUT2D eigenvalue weighted by Gasteiger charge is -2.14. The first kappa shape index (κ1) is 24.7. The first-order chi connectivity index (χ1) is 14.5. The fraction of sp³-hybridized carbons (Fsp3) is 0.440. The molecule has 0 heterocycles. The smallest absolute Gasteiger partial charge is 0.137 e. The van der Waals surface area contributed by atoms with Gasteiger partial charge >= 0.3 is 0 Å². The van der Waals surface area contributed by atoms with E-state index in [4.69, 9.17) is 27.9 Å². The molecule has 0 saturated carbocycles. The van der Waals surface area contributed by atoms with Crippen LogP contribution < -0.4 is 4.74 Å². The van der Waals surface area contributed by atoms with E-state index in [2.05, 4.69) is 18.5 Å². The van der Waals surface area contributed by atoms with Crippen molar-refractivity contribution in [3.8, 4) is 5.75 Å². The van der Waals surface area contributed by atoms with Gasteiger partial charge in [0.1, 0.15) is 11.9 Å². The van der Waals surface area contributed by atoms with Crippen LogP contribution in [-0.4, -0.2) is 36.8 Å². The van der Waals surface area contributed by atoms with Crippen LogP contribution in [0.1, 0.15) is 55.8 Å². The van der Waals surface area contributed by atoms with Gasteiger partial charge in [0, 0.05) is 11.6 Å². The van der Waals surface area contributed by atoms with Gasteiger partial charge in [-0.15, -0.1) is 6.58 Å². The second kappa shape index (κ2) is 13.7. The number of aliphatic hydroxyl groups excluding tert-OH is 1. The van der Waals surface area contributed by atoms with Crippen molar-refractivity contribution in [1.29, 1.82) is 0 Å². The molecule has 0 bridgehead atoms. The fourth-order valence-electron chi connectivity index (χ4n) is 3.33. The highest BCUT2D eigenvalue weighted by atomic mass is 35.5. The second-order valence-electron chi connectivity index (χ2n) is 7.66. The maximum Gasteiger partial charge on any atom is 0.137 e. The van der Waals surface area contributed by atoms with Crippen molar-refractivity contribution in [3.63, 3.8) is 0 Å². The first-order valence-corrected chi connectivity index (χ1v) is 11.4. The highest BCUT2D eigenvalue weighted by Gasteiger charge is 2.13. The van der Waals surface area contributed by atoms with E-state index in [0.717, 1.165) is 37.1 Å². The van der Waals surface area contributed by atoms with Crippen LogP contribution in [0.15, 0.2) is 55.1 Å². The topological polar surface area (TPSA) is 32.7 Å². The van der Waals surface area contributed by atoms with E-state index in [1.807, 2.05) is 30.3 Å². The Bertz CT molecular complexity index is 764. The summed E-state index contributed by atoms with van der Waals surface area (Å²) in [6.07, 6.45) is 8.38. The number of unbranched alkanes of at least 4 members (excludes halogenated alkanes) is 5. The molecular formula is C25H33Cl2NO2. The summed E-state index contributed by atoms with van der Waals surface area (Å²) < 4.78 is 5.83. The molecule has 5 heteroatoms. The van der Waals surface area contributed by atoms with Crippen LogP contribution in [0, 0.1) is 0 Å². The lowest BCUT2D eigenvalue weighted by Crippen LogP contribution is -2.19. The van der Waals surface area contributed by atoms with Crippen LogP contribution in [0.2, 0.25) is 10.0 Å². The van der Waals surface area contributed by atoms with Gasteiger partial charge in [0.15, 0.2) is 0 Å². The number of likely N-dealkylation sites (N-methyl/N-ethyl adjacent to an activating group) is 1. The summed E-state index contributed by atoms with van der Waals surface area (Å²) in [5, 5.41) is 11.7. The molecular weight excluding hydrogens is 417 g/mol. The molecule has 0 aliphatic rings. The molecule has 1 N–H and O–H groups in total. The third kappa shape index (κ3) is 8.69. The lowest BCUT2D eigenvalue weighted by molar-refractivity contribution is 0.220. The van der Waals surface area contributed by atoms with Gasteiger partial charge in [-0.3, -0.25) is 0 Å². The Kier molecular flexibility index (Phi) is 11.3. The van der Waals surface area contributed by atoms with Crippen molar-refractivity contribution in [2.45, 2.75) is 44.6 Å². The third-order valence-electron chi connectivity index (χ3n) is 5.09. The Morgan fingerprint density at radius 3 is 2.27 bits per heavy atom. The minimum Gasteiger partial charge on any atom is -0.492 e. The summed E-state index contributed by atoms with van der Waals surface area (Å²) in [4.78, 5) is 2.30. The van der Waals surface area contributed by atoms with E-state index >= 15 is 0 Å². The molecule has 0 radical (unpaired) electrons. The predicted molar refractivity (Wildman–Crippen MR) is 128 cm³/mol. The first-order valence-electron chi connectivity index (χ1n) is 10.7. The second-order valence-corrected chi connectivity index (χ2v) is 8.51. The number of nitrogens with zero attached hydrogens (tertiary/aromatic N) is 1. The van der Waals surface area contributed by atoms with Crippen molar-refractivity contribution in [1.82, 2.24) is 4.90 Å². The molecule has 0 spiro atoms. The predicted octanol–water partition coefficient (Wildman–Crippen LogP) is 6.91. The summed E-state index contributed by atoms with van der Waals surface area (Å²) in [6, 6.07) is 12.6. The number of rotatable bonds is 14. The summed E-state index contributed by atoms with van der Waals surface area (Å²) in [7, 11) is 2.13. The normalized spacial score (nSPS) is 12.2. The van der Waals surface area contributed by atoms with Gasteiger partial charge in [-0.25, -0.2) is 0 Å². The quantitative estimate of drug-likeness (QED) is 0.251. The Hall–Kier alpha value is -1.52. The number of aliphatic hydroxyl groups is 1. The number of hydrogen-bond acceptors (Lipinski definition) is 3. The maximum absolute atomic E-state index is 10.5. The summed E-state index contributed by atoms with van der Waals surface area (Å²) in [5.74, 6) is 0.661. The van der Waals surface area contributed by atoms with E-state index in [1.165, 1.54) is 25.7 Å². The summed E-state index contributed by atoms with van der Waals surface area (Å²) >= 11 is 12.3. The average molecular weight is 450 g/mol. The van der Waals surface area contributed by atoms with E-state index in [9.17, 15) is 5.11 Å². The number of benzene rings is 2. The Labute approximate surface area is 191 Å². The van der Waals surface area contributed by atoms with E-state index in [0.29, 0.717) is 22.4 Å². The number of hydrogen-bond donors (Lipinski definition) is 1. The van der Waals surface area contributed by atoms with Crippen LogP contribution in [-0.2, 0) is 0 Å². The molecule has 3 nitrogen and oxygen atoms in total. The minimum atomic E-state index is -0.745. The van der Waals surface area contributed by atoms with E-state index in [1.54, 1.807) is 18.2 Å². The molecule has 1 unspecified atom stereocenters. The van der Waals surface area contributed by atoms with Gasteiger partial charge in [-0.2, -0.15) is 0 Å². The van der Waals surface area contributed by atoms with Crippen LogP contribution in [0.25, 0.3) is 0 Å². The third-order valence-corrected chi connectivity index (χ3v) is 5.64. The molecule has 0 aromatic heterocycles. The molecule has 0 aliphatic heterocycles. The van der Waals surface area contributed by atoms with Gasteiger partial charge in [-0.05, 0) is 61.8 Å². The Morgan fingerprint density at radius 2 is 1.60 bits per heavy atom. The molecule has 2 aromatic rings. The summed E-state index contributed by atoms with van der Waals surface area (Å²) in [6.45, 7) is 6.51. The fourth-order valence-corrected chi connectivity index (χ4v) is 3.70. The zero-order chi connectivity index (χ0) is 21.8. The van der Waals surface area contributed by atoms with Crippen LogP contribution in [0.3, 0.4) is 0 Å². The average Bonchev–Trinajstić information content (AvgIpc) is 2.73. The van der Waals surface area contributed by atoms with Gasteiger partial charge in [0.2, 0.25) is 0 Å². The molecule has 0 saturated heterocycles. The Morgan fingerprint density at radius 1 is 0.967 bits per heavy atom. The zero-order valence-electron chi connectivity index (χ0n) is 17.8. The Balaban J connectivity index is 1.65. The summed E-state index contributed by atoms with van der Waals surface area (Å²) in [5.41, 5.74) is 1.50. The molecule has 0 fully saturated rings.